The van der Waals surface area contributed by atoms with Crippen LogP contribution in [-0.4, -0.2) is 63.4 Å². The maximum absolute atomic E-state index is 13.7. The molecule has 0 radical (unpaired) electrons. The summed E-state index contributed by atoms with van der Waals surface area (Å²) in [6, 6.07) is 12.9. The second-order valence-electron chi connectivity index (χ2n) is 10.6. The Bertz CT molecular complexity index is 1360. The van der Waals surface area contributed by atoms with E-state index < -0.39 is 6.04 Å². The predicted molar refractivity (Wildman–Crippen MR) is 149 cm³/mol. The molecule has 2 aromatic carbocycles. The second kappa shape index (κ2) is 12.3. The molecule has 0 fully saturated rings. The zero-order valence-corrected chi connectivity index (χ0v) is 23.1. The van der Waals surface area contributed by atoms with Gasteiger partial charge in [0.05, 0.1) is 24.9 Å². The van der Waals surface area contributed by atoms with E-state index in [1.807, 2.05) is 42.3 Å². The number of amides is 3. The van der Waals surface area contributed by atoms with Crippen molar-refractivity contribution >= 4 is 17.7 Å². The topological polar surface area (TPSA) is 118 Å². The van der Waals surface area contributed by atoms with E-state index in [-0.39, 0.29) is 23.6 Å². The van der Waals surface area contributed by atoms with Gasteiger partial charge in [-0.2, -0.15) is 0 Å². The molecule has 1 aliphatic heterocycles. The van der Waals surface area contributed by atoms with E-state index in [0.29, 0.717) is 56.9 Å². The highest BCUT2D eigenvalue weighted by Gasteiger charge is 2.31. The van der Waals surface area contributed by atoms with E-state index >= 15 is 0 Å². The summed E-state index contributed by atoms with van der Waals surface area (Å²) in [6.07, 6.45) is 4.55. The second-order valence-corrected chi connectivity index (χ2v) is 10.6. The fourth-order valence-corrected chi connectivity index (χ4v) is 5.29. The van der Waals surface area contributed by atoms with Crippen LogP contribution in [0.4, 0.5) is 0 Å². The summed E-state index contributed by atoms with van der Waals surface area (Å²) in [4.78, 5) is 41.2. The molecule has 2 aliphatic rings. The molecule has 1 atom stereocenters. The minimum atomic E-state index is -0.729. The van der Waals surface area contributed by atoms with Gasteiger partial charge in [0.2, 0.25) is 11.8 Å². The Labute approximate surface area is 234 Å². The van der Waals surface area contributed by atoms with Crippen LogP contribution in [0.5, 0.6) is 5.75 Å². The largest absolute Gasteiger partial charge is 0.493 e. The van der Waals surface area contributed by atoms with Gasteiger partial charge in [0, 0.05) is 32.0 Å². The monoisotopic (exact) mass is 544 g/mol. The number of hydrogen-bond acceptors (Lipinski definition) is 6. The molecule has 10 nitrogen and oxygen atoms in total. The fourth-order valence-electron chi connectivity index (χ4n) is 5.29. The maximum atomic E-state index is 13.7. The molecule has 2 heterocycles. The molecular weight excluding hydrogens is 508 g/mol. The Hall–Kier alpha value is -4.21. The molecule has 0 spiro atoms. The van der Waals surface area contributed by atoms with Gasteiger partial charge in [0.25, 0.3) is 5.91 Å². The lowest BCUT2D eigenvalue weighted by Gasteiger charge is -2.25. The van der Waals surface area contributed by atoms with Gasteiger partial charge in [-0.1, -0.05) is 35.5 Å². The Morgan fingerprint density at radius 2 is 1.82 bits per heavy atom. The quantitative estimate of drug-likeness (QED) is 0.486. The minimum absolute atomic E-state index is 0.0880. The van der Waals surface area contributed by atoms with Gasteiger partial charge in [0.1, 0.15) is 17.5 Å². The number of nitrogens with one attached hydrogen (secondary N) is 2. The fraction of sp³-hybridized carbons (Fsp3) is 0.433. The molecule has 1 aromatic heterocycles. The van der Waals surface area contributed by atoms with Crippen molar-refractivity contribution in [2.24, 2.45) is 5.92 Å². The molecule has 40 heavy (non-hydrogen) atoms. The lowest BCUT2D eigenvalue weighted by atomic mass is 10.0. The first kappa shape index (κ1) is 27.4. The van der Waals surface area contributed by atoms with Crippen LogP contribution in [0.1, 0.15) is 52.5 Å². The van der Waals surface area contributed by atoms with E-state index in [4.69, 9.17) is 4.74 Å². The van der Waals surface area contributed by atoms with Gasteiger partial charge in [-0.3, -0.25) is 19.1 Å². The van der Waals surface area contributed by atoms with Crippen LogP contribution in [0.3, 0.4) is 0 Å². The normalized spacial score (nSPS) is 19.2. The number of aromatic nitrogens is 3. The summed E-state index contributed by atoms with van der Waals surface area (Å²) < 4.78 is 7.73. The van der Waals surface area contributed by atoms with E-state index in [0.717, 1.165) is 24.1 Å². The van der Waals surface area contributed by atoms with E-state index in [1.54, 1.807) is 17.7 Å². The van der Waals surface area contributed by atoms with Crippen LogP contribution >= 0.6 is 0 Å². The SMILES string of the molecule is Cc1ccc2c(c1)OCCCn1cc(nn1)CN(C(=O)C1Cc3ccccc3C1)CCCNC(=O)[C@@H](C)NC2=O. The first-order valence-electron chi connectivity index (χ1n) is 13.9. The van der Waals surface area contributed by atoms with Gasteiger partial charge >= 0.3 is 0 Å². The van der Waals surface area contributed by atoms with Crippen molar-refractivity contribution in [1.82, 2.24) is 30.5 Å². The number of hydrogen-bond donors (Lipinski definition) is 2. The van der Waals surface area contributed by atoms with Crippen LogP contribution in [0, 0.1) is 12.8 Å². The number of carbonyl (C=O) groups excluding carboxylic acids is 3. The molecule has 5 rings (SSSR count). The van der Waals surface area contributed by atoms with Crippen molar-refractivity contribution in [2.75, 3.05) is 19.7 Å². The number of ether oxygens (including phenoxy) is 1. The Kier molecular flexibility index (Phi) is 8.42. The van der Waals surface area contributed by atoms with E-state index in [9.17, 15) is 14.4 Å². The van der Waals surface area contributed by atoms with Gasteiger partial charge < -0.3 is 20.3 Å². The smallest absolute Gasteiger partial charge is 0.255 e. The highest BCUT2D eigenvalue weighted by molar-refractivity contribution is 5.99. The van der Waals surface area contributed by atoms with E-state index in [1.165, 1.54) is 11.1 Å². The highest BCUT2D eigenvalue weighted by atomic mass is 16.5. The summed E-state index contributed by atoms with van der Waals surface area (Å²) in [6.45, 7) is 5.75. The first-order chi connectivity index (χ1) is 19.4. The lowest BCUT2D eigenvalue weighted by molar-refractivity contribution is -0.136. The molecule has 1 aliphatic carbocycles. The molecule has 0 unspecified atom stereocenters. The zero-order chi connectivity index (χ0) is 28.1. The van der Waals surface area contributed by atoms with Crippen molar-refractivity contribution in [3.63, 3.8) is 0 Å². The molecule has 3 aromatic rings. The number of benzene rings is 2. The Morgan fingerprint density at radius 1 is 1.05 bits per heavy atom. The molecular formula is C30H36N6O4. The van der Waals surface area contributed by atoms with Crippen molar-refractivity contribution in [2.45, 2.75) is 58.7 Å². The van der Waals surface area contributed by atoms with Crippen molar-refractivity contribution in [1.29, 1.82) is 0 Å². The molecule has 210 valence electrons. The third-order valence-electron chi connectivity index (χ3n) is 7.47. The predicted octanol–water partition coefficient (Wildman–Crippen LogP) is 2.44. The average molecular weight is 545 g/mol. The van der Waals surface area contributed by atoms with Crippen LogP contribution in [0.15, 0.2) is 48.7 Å². The summed E-state index contributed by atoms with van der Waals surface area (Å²) >= 11 is 0. The van der Waals surface area contributed by atoms with Crippen LogP contribution < -0.4 is 15.4 Å². The Morgan fingerprint density at radius 3 is 2.60 bits per heavy atom. The van der Waals surface area contributed by atoms with Crippen molar-refractivity contribution in [3.05, 3.63) is 76.6 Å². The average Bonchev–Trinajstić information content (AvgIpc) is 3.58. The minimum Gasteiger partial charge on any atom is -0.493 e. The molecule has 0 saturated carbocycles. The van der Waals surface area contributed by atoms with Gasteiger partial charge in [0.15, 0.2) is 0 Å². The van der Waals surface area contributed by atoms with Crippen molar-refractivity contribution in [3.8, 4) is 5.75 Å². The molecule has 2 N–H and O–H groups in total. The molecule has 10 heteroatoms. The summed E-state index contributed by atoms with van der Waals surface area (Å²) in [7, 11) is 0. The standard InChI is InChI=1S/C30H36N6O4/c1-20-9-10-26-27(15-20)40-14-6-13-36-19-25(33-34-36)18-35(12-5-11-31-28(37)21(2)32-29(26)38)30(39)24-16-22-7-3-4-8-23(22)17-24/h3-4,7-10,15,19,21,24H,5-6,11-14,16-18H2,1-2H3,(H,31,37)(H,32,38)/t21-/m1/s1. The summed E-state index contributed by atoms with van der Waals surface area (Å²) in [5, 5.41) is 14.2. The summed E-state index contributed by atoms with van der Waals surface area (Å²) in [5.41, 5.74) is 4.53. The summed E-state index contributed by atoms with van der Waals surface area (Å²) in [5.74, 6) is -0.199. The third kappa shape index (κ3) is 6.50. The Balaban J connectivity index is 1.31. The van der Waals surface area contributed by atoms with Gasteiger partial charge in [-0.25, -0.2) is 0 Å². The number of aryl methyl sites for hydroxylation is 2. The number of nitrogens with zero attached hydrogens (tertiary/aromatic N) is 4. The van der Waals surface area contributed by atoms with Crippen molar-refractivity contribution < 1.29 is 19.1 Å². The lowest BCUT2D eigenvalue weighted by Crippen LogP contribution is -2.45. The third-order valence-corrected chi connectivity index (χ3v) is 7.47. The first-order valence-corrected chi connectivity index (χ1v) is 13.9. The van der Waals surface area contributed by atoms with Gasteiger partial charge in [-0.05, 0) is 61.9 Å². The van der Waals surface area contributed by atoms with Crippen LogP contribution in [0.25, 0.3) is 0 Å². The highest BCUT2D eigenvalue weighted by Crippen LogP contribution is 2.28. The molecule has 3 amide bonds. The molecule has 2 bridgehead atoms. The number of rotatable bonds is 1. The molecule has 0 saturated heterocycles. The van der Waals surface area contributed by atoms with Crippen LogP contribution in [-0.2, 0) is 35.5 Å². The zero-order valence-electron chi connectivity index (χ0n) is 23.1. The van der Waals surface area contributed by atoms with Crippen LogP contribution in [0.2, 0.25) is 0 Å². The van der Waals surface area contributed by atoms with Gasteiger partial charge in [-0.15, -0.1) is 5.10 Å². The van der Waals surface area contributed by atoms with E-state index in [2.05, 4.69) is 33.1 Å². The number of fused-ring (bicyclic) bond motifs is 4. The number of carbonyl (C=O) groups is 3. The maximum Gasteiger partial charge on any atom is 0.255 e.